The van der Waals surface area contributed by atoms with E-state index in [0.29, 0.717) is 46.6 Å². The van der Waals surface area contributed by atoms with Gasteiger partial charge in [-0.2, -0.15) is 10.1 Å². The molecule has 4 aromatic rings. The van der Waals surface area contributed by atoms with Crippen LogP contribution >= 0.6 is 0 Å². The summed E-state index contributed by atoms with van der Waals surface area (Å²) in [5.41, 5.74) is 1.31. The number of nitrogens with one attached hydrogen (secondary N) is 2. The first-order valence-electron chi connectivity index (χ1n) is 8.97. The Labute approximate surface area is 158 Å². The SMILES string of the molecule is C[C@H]1CCCOc2nc(ccc2-c2ncn[nH]2)-n2c(=O)[nH]c3nccc(c32)O1. The number of nitrogens with zero attached hydrogens (tertiary/aromatic N) is 5. The first-order chi connectivity index (χ1) is 13.7. The summed E-state index contributed by atoms with van der Waals surface area (Å²) in [6.45, 7) is 2.45. The molecule has 0 amide bonds. The van der Waals surface area contributed by atoms with Crippen LogP contribution in [-0.4, -0.2) is 47.4 Å². The summed E-state index contributed by atoms with van der Waals surface area (Å²) in [6, 6.07) is 5.29. The highest BCUT2D eigenvalue weighted by Gasteiger charge is 2.20. The predicted molar refractivity (Wildman–Crippen MR) is 99.7 cm³/mol. The van der Waals surface area contributed by atoms with Crippen LogP contribution in [0.4, 0.5) is 0 Å². The van der Waals surface area contributed by atoms with Crippen LogP contribution in [0.3, 0.4) is 0 Å². The fourth-order valence-electron chi connectivity index (χ4n) is 3.31. The summed E-state index contributed by atoms with van der Waals surface area (Å²) in [6.07, 6.45) is 4.57. The second-order valence-corrected chi connectivity index (χ2v) is 6.55. The normalized spacial score (nSPS) is 16.7. The Morgan fingerprint density at radius 3 is 3.04 bits per heavy atom. The zero-order chi connectivity index (χ0) is 19.1. The zero-order valence-electron chi connectivity index (χ0n) is 15.0. The minimum atomic E-state index is -0.353. The quantitative estimate of drug-likeness (QED) is 0.517. The predicted octanol–water partition coefficient (Wildman–Crippen LogP) is 1.83. The molecule has 142 valence electrons. The van der Waals surface area contributed by atoms with Crippen molar-refractivity contribution in [2.24, 2.45) is 0 Å². The molecule has 1 atom stereocenters. The second-order valence-electron chi connectivity index (χ2n) is 6.55. The van der Waals surface area contributed by atoms with E-state index >= 15 is 0 Å². The summed E-state index contributed by atoms with van der Waals surface area (Å²) in [5.74, 6) is 1.92. The first kappa shape index (κ1) is 16.5. The maximum absolute atomic E-state index is 12.7. The van der Waals surface area contributed by atoms with Gasteiger partial charge in [-0.25, -0.2) is 19.3 Å². The van der Waals surface area contributed by atoms with Gasteiger partial charge in [0.2, 0.25) is 5.88 Å². The van der Waals surface area contributed by atoms with Gasteiger partial charge in [0.25, 0.3) is 0 Å². The molecule has 1 aliphatic rings. The molecule has 5 rings (SSSR count). The Bertz CT molecular complexity index is 1200. The summed E-state index contributed by atoms with van der Waals surface area (Å²) in [7, 11) is 0. The highest BCUT2D eigenvalue weighted by Crippen LogP contribution is 2.30. The molecule has 0 radical (unpaired) electrons. The lowest BCUT2D eigenvalue weighted by Crippen LogP contribution is -2.19. The Balaban J connectivity index is 1.76. The third-order valence-electron chi connectivity index (χ3n) is 4.61. The summed E-state index contributed by atoms with van der Waals surface area (Å²) in [4.78, 5) is 28.5. The van der Waals surface area contributed by atoms with E-state index in [0.717, 1.165) is 12.8 Å². The molecule has 10 heteroatoms. The number of fused-ring (bicyclic) bond motifs is 3. The van der Waals surface area contributed by atoms with Crippen LogP contribution in [-0.2, 0) is 0 Å². The van der Waals surface area contributed by atoms with Crippen molar-refractivity contribution in [3.8, 4) is 28.8 Å². The number of ether oxygens (including phenoxy) is 2. The molecule has 1 aliphatic heterocycles. The molecule has 5 heterocycles. The highest BCUT2D eigenvalue weighted by molar-refractivity contribution is 5.80. The molecule has 0 saturated carbocycles. The first-order valence-corrected chi connectivity index (χ1v) is 8.97. The second kappa shape index (κ2) is 6.48. The lowest BCUT2D eigenvalue weighted by Gasteiger charge is -2.18. The van der Waals surface area contributed by atoms with Crippen LogP contribution in [0.1, 0.15) is 19.8 Å². The number of H-pyrrole nitrogens is 2. The fraction of sp³-hybridized carbons (Fsp3) is 0.278. The lowest BCUT2D eigenvalue weighted by atomic mass is 10.2. The van der Waals surface area contributed by atoms with E-state index < -0.39 is 0 Å². The number of aromatic amines is 2. The molecular weight excluding hydrogens is 362 g/mol. The van der Waals surface area contributed by atoms with Gasteiger partial charge in [-0.05, 0) is 31.9 Å². The van der Waals surface area contributed by atoms with Crippen LogP contribution in [0.15, 0.2) is 35.5 Å². The van der Waals surface area contributed by atoms with Gasteiger partial charge in [-0.3, -0.25) is 10.1 Å². The number of hydrogen-bond donors (Lipinski definition) is 2. The smallest absolute Gasteiger partial charge is 0.333 e. The van der Waals surface area contributed by atoms with Gasteiger partial charge >= 0.3 is 5.69 Å². The fourth-order valence-corrected chi connectivity index (χ4v) is 3.31. The monoisotopic (exact) mass is 379 g/mol. The Morgan fingerprint density at radius 2 is 2.18 bits per heavy atom. The van der Waals surface area contributed by atoms with Gasteiger partial charge in [-0.15, -0.1) is 0 Å². The van der Waals surface area contributed by atoms with E-state index in [1.807, 2.05) is 6.92 Å². The molecule has 2 bridgehead atoms. The van der Waals surface area contributed by atoms with Crippen LogP contribution in [0, 0.1) is 0 Å². The molecule has 28 heavy (non-hydrogen) atoms. The highest BCUT2D eigenvalue weighted by atomic mass is 16.5. The van der Waals surface area contributed by atoms with Crippen LogP contribution < -0.4 is 15.2 Å². The van der Waals surface area contributed by atoms with E-state index in [4.69, 9.17) is 9.47 Å². The van der Waals surface area contributed by atoms with Gasteiger partial charge in [0.15, 0.2) is 11.5 Å². The maximum Gasteiger partial charge on any atom is 0.333 e. The van der Waals surface area contributed by atoms with Crippen molar-refractivity contribution in [3.63, 3.8) is 0 Å². The number of rotatable bonds is 1. The van der Waals surface area contributed by atoms with Crippen molar-refractivity contribution in [1.82, 2.24) is 34.7 Å². The van der Waals surface area contributed by atoms with E-state index in [1.165, 1.54) is 10.9 Å². The van der Waals surface area contributed by atoms with Crippen LogP contribution in [0.5, 0.6) is 11.6 Å². The van der Waals surface area contributed by atoms with Crippen molar-refractivity contribution >= 4 is 11.2 Å². The van der Waals surface area contributed by atoms with Crippen molar-refractivity contribution in [1.29, 1.82) is 0 Å². The topological polar surface area (TPSA) is 124 Å². The molecule has 0 aliphatic carbocycles. The number of aromatic nitrogens is 7. The van der Waals surface area contributed by atoms with Crippen LogP contribution in [0.25, 0.3) is 28.4 Å². The minimum absolute atomic E-state index is 0.0490. The molecule has 4 aromatic heterocycles. The largest absolute Gasteiger partial charge is 0.488 e. The van der Waals surface area contributed by atoms with E-state index in [2.05, 4.69) is 30.1 Å². The standard InChI is InChI=1S/C18H17N7O3/c1-10-3-2-8-27-17-11(15-20-9-21-24-15)4-5-13(22-17)25-14-12(28-10)6-7-19-16(14)23-18(25)26/h4-7,9-10H,2-3,8H2,1H3,(H,19,23,26)(H,20,21,24)/t10-/m0/s1. The maximum atomic E-state index is 12.7. The van der Waals surface area contributed by atoms with Crippen molar-refractivity contribution < 1.29 is 9.47 Å². The van der Waals surface area contributed by atoms with Gasteiger partial charge < -0.3 is 9.47 Å². The number of imidazole rings is 1. The van der Waals surface area contributed by atoms with Crippen molar-refractivity contribution in [2.75, 3.05) is 6.61 Å². The van der Waals surface area contributed by atoms with E-state index in [1.54, 1.807) is 24.4 Å². The third kappa shape index (κ3) is 2.70. The Kier molecular flexibility index (Phi) is 3.81. The zero-order valence-corrected chi connectivity index (χ0v) is 15.0. The molecule has 0 fully saturated rings. The van der Waals surface area contributed by atoms with Gasteiger partial charge in [0, 0.05) is 12.3 Å². The lowest BCUT2D eigenvalue weighted by molar-refractivity contribution is 0.193. The molecule has 0 saturated heterocycles. The Morgan fingerprint density at radius 1 is 1.25 bits per heavy atom. The summed E-state index contributed by atoms with van der Waals surface area (Å²) in [5, 5.41) is 6.71. The average molecular weight is 379 g/mol. The van der Waals surface area contributed by atoms with Gasteiger partial charge in [-0.1, -0.05) is 0 Å². The number of pyridine rings is 2. The van der Waals surface area contributed by atoms with Gasteiger partial charge in [0.05, 0.1) is 18.3 Å². The molecule has 0 unspecified atom stereocenters. The van der Waals surface area contributed by atoms with Crippen LogP contribution in [0.2, 0.25) is 0 Å². The molecular formula is C18H17N7O3. The molecule has 10 nitrogen and oxygen atoms in total. The average Bonchev–Trinajstić information content (AvgIpc) is 3.32. The summed E-state index contributed by atoms with van der Waals surface area (Å²) < 4.78 is 13.5. The Hall–Kier alpha value is -3.69. The molecule has 0 spiro atoms. The van der Waals surface area contributed by atoms with Crippen molar-refractivity contribution in [3.05, 3.63) is 41.2 Å². The summed E-state index contributed by atoms with van der Waals surface area (Å²) >= 11 is 0. The van der Waals surface area contributed by atoms with E-state index in [9.17, 15) is 4.79 Å². The van der Waals surface area contributed by atoms with Crippen molar-refractivity contribution in [2.45, 2.75) is 25.9 Å². The minimum Gasteiger partial charge on any atom is -0.488 e. The molecule has 2 N–H and O–H groups in total. The third-order valence-corrected chi connectivity index (χ3v) is 4.61. The number of hydrogen-bond acceptors (Lipinski definition) is 7. The van der Waals surface area contributed by atoms with Gasteiger partial charge in [0.1, 0.15) is 23.4 Å². The molecule has 0 aromatic carbocycles. The van der Waals surface area contributed by atoms with E-state index in [-0.39, 0.29) is 11.8 Å².